The maximum absolute atomic E-state index is 14.7. The summed E-state index contributed by atoms with van der Waals surface area (Å²) in [4.78, 5) is 29.1. The van der Waals surface area contributed by atoms with Crippen LogP contribution in [0.1, 0.15) is 21.0 Å². The first-order valence-electron chi connectivity index (χ1n) is 10.9. The van der Waals surface area contributed by atoms with Crippen LogP contribution in [0.15, 0.2) is 36.5 Å². The molecule has 0 aliphatic heterocycles. The Bertz CT molecular complexity index is 1340. The van der Waals surface area contributed by atoms with Crippen LogP contribution in [0.25, 0.3) is 11.3 Å². The fourth-order valence-corrected chi connectivity index (χ4v) is 3.57. The third-order valence-corrected chi connectivity index (χ3v) is 5.38. The van der Waals surface area contributed by atoms with Crippen molar-refractivity contribution < 1.29 is 27.8 Å². The van der Waals surface area contributed by atoms with Crippen LogP contribution in [0, 0.1) is 23.0 Å². The molecule has 13 heteroatoms. The largest absolute Gasteiger partial charge is 0.476 e. The lowest BCUT2D eigenvalue weighted by atomic mass is 10.1. The molecule has 2 amide bonds. The van der Waals surface area contributed by atoms with Gasteiger partial charge in [0.25, 0.3) is 11.8 Å². The number of hydrogen-bond acceptors (Lipinski definition) is 7. The highest BCUT2D eigenvalue weighted by atomic mass is 35.5. The van der Waals surface area contributed by atoms with Crippen molar-refractivity contribution >= 4 is 29.1 Å². The van der Waals surface area contributed by atoms with Crippen molar-refractivity contribution in [3.63, 3.8) is 0 Å². The van der Waals surface area contributed by atoms with Gasteiger partial charge in [-0.25, -0.2) is 9.37 Å². The Balaban J connectivity index is 1.71. The van der Waals surface area contributed by atoms with Crippen LogP contribution >= 0.6 is 11.6 Å². The maximum atomic E-state index is 14.7. The second kappa shape index (κ2) is 12.8. The van der Waals surface area contributed by atoms with Gasteiger partial charge in [0.05, 0.1) is 35.7 Å². The summed E-state index contributed by atoms with van der Waals surface area (Å²) in [5.74, 6) is -4.02. The number of carbonyl (C=O) groups is 2. The molecule has 3 rings (SSSR count). The van der Waals surface area contributed by atoms with Crippen LogP contribution in [0.5, 0.6) is 5.75 Å². The smallest absolute Gasteiger partial charge is 0.291 e. The van der Waals surface area contributed by atoms with Crippen LogP contribution in [-0.4, -0.2) is 54.3 Å². The fraction of sp³-hybridized carbons (Fsp3) is 0.250. The van der Waals surface area contributed by atoms with Crippen molar-refractivity contribution in [3.05, 3.63) is 64.6 Å². The number of rotatable bonds is 11. The van der Waals surface area contributed by atoms with E-state index in [4.69, 9.17) is 32.1 Å². The first kappa shape index (κ1) is 27.5. The number of ether oxygens (including phenoxy) is 2. The number of nitrogens with zero attached hydrogens (tertiary/aromatic N) is 3. The summed E-state index contributed by atoms with van der Waals surface area (Å²) >= 11 is 6.22. The van der Waals surface area contributed by atoms with E-state index in [9.17, 15) is 18.4 Å². The first-order valence-corrected chi connectivity index (χ1v) is 11.3. The van der Waals surface area contributed by atoms with Crippen molar-refractivity contribution in [2.45, 2.75) is 0 Å². The normalized spacial score (nSPS) is 10.6. The summed E-state index contributed by atoms with van der Waals surface area (Å²) in [6, 6.07) is 8.46. The zero-order valence-electron chi connectivity index (χ0n) is 19.7. The minimum Gasteiger partial charge on any atom is -0.476 e. The minimum atomic E-state index is -1.26. The highest BCUT2D eigenvalue weighted by Gasteiger charge is 2.22. The third kappa shape index (κ3) is 6.59. The van der Waals surface area contributed by atoms with Gasteiger partial charge in [0.2, 0.25) is 5.82 Å². The van der Waals surface area contributed by atoms with E-state index in [0.717, 1.165) is 0 Å². The number of halogens is 3. The number of carbonyl (C=O) groups excluding carboxylic acids is 2. The molecule has 1 aromatic heterocycles. The molecule has 0 unspecified atom stereocenters. The molecule has 4 N–H and O–H groups in total. The molecule has 0 radical (unpaired) electrons. The Labute approximate surface area is 215 Å². The SMILES string of the molecule is Cn1c(-c2ccc(OCC#N)c(F)c2F)cnc1C(=O)Nc1ccc(C(=O)NCCOCCN)c(Cl)c1. The molecule has 37 heavy (non-hydrogen) atoms. The molecule has 0 atom stereocenters. The molecule has 0 saturated carbocycles. The van der Waals surface area contributed by atoms with E-state index in [1.807, 2.05) is 0 Å². The zero-order valence-corrected chi connectivity index (χ0v) is 20.4. The van der Waals surface area contributed by atoms with Gasteiger partial charge in [0, 0.05) is 31.4 Å². The molecular weight excluding hydrogens is 510 g/mol. The van der Waals surface area contributed by atoms with Crippen LogP contribution in [0.4, 0.5) is 14.5 Å². The summed E-state index contributed by atoms with van der Waals surface area (Å²) in [5, 5.41) is 13.9. The van der Waals surface area contributed by atoms with Crippen LogP contribution < -0.4 is 21.1 Å². The Kier molecular flexibility index (Phi) is 9.51. The van der Waals surface area contributed by atoms with Crippen molar-refractivity contribution in [2.24, 2.45) is 12.8 Å². The predicted octanol–water partition coefficient (Wildman–Crippen LogP) is 2.88. The Morgan fingerprint density at radius 1 is 1.19 bits per heavy atom. The van der Waals surface area contributed by atoms with Gasteiger partial charge in [-0.3, -0.25) is 9.59 Å². The second-order valence-corrected chi connectivity index (χ2v) is 7.92. The van der Waals surface area contributed by atoms with Crippen LogP contribution in [0.2, 0.25) is 5.02 Å². The summed E-state index contributed by atoms with van der Waals surface area (Å²) < 4.78 is 40.3. The number of benzene rings is 2. The van der Waals surface area contributed by atoms with Crippen molar-refractivity contribution in [3.8, 4) is 23.1 Å². The molecule has 0 spiro atoms. The highest BCUT2D eigenvalue weighted by molar-refractivity contribution is 6.34. The van der Waals surface area contributed by atoms with Gasteiger partial charge in [-0.1, -0.05) is 11.6 Å². The van der Waals surface area contributed by atoms with Gasteiger partial charge in [-0.15, -0.1) is 0 Å². The second-order valence-electron chi connectivity index (χ2n) is 7.52. The van der Waals surface area contributed by atoms with Crippen LogP contribution in [0.3, 0.4) is 0 Å². The van der Waals surface area contributed by atoms with E-state index in [1.165, 1.54) is 48.1 Å². The molecule has 0 saturated heterocycles. The number of imidazole rings is 1. The van der Waals surface area contributed by atoms with E-state index in [2.05, 4.69) is 15.6 Å². The van der Waals surface area contributed by atoms with Gasteiger partial charge in [0.15, 0.2) is 24.0 Å². The lowest BCUT2D eigenvalue weighted by Crippen LogP contribution is -2.28. The Morgan fingerprint density at radius 3 is 2.68 bits per heavy atom. The molecule has 1 heterocycles. The standard InChI is InChI=1S/C24H23ClF2N6O4/c1-33-18(16-4-5-19(37-10-7-29)21(27)20(16)26)13-31-22(33)24(35)32-14-2-3-15(17(25)12-14)23(34)30-8-11-36-9-6-28/h2-5,12-13H,6,8-11,28H2,1H3,(H,30,34)(H,32,35). The fourth-order valence-electron chi connectivity index (χ4n) is 3.30. The van der Waals surface area contributed by atoms with E-state index in [1.54, 1.807) is 6.07 Å². The summed E-state index contributed by atoms with van der Waals surface area (Å²) in [5.41, 5.74) is 5.81. The van der Waals surface area contributed by atoms with E-state index in [-0.39, 0.29) is 34.2 Å². The molecule has 0 aliphatic carbocycles. The molecule has 3 aromatic rings. The number of nitrogens with one attached hydrogen (secondary N) is 2. The molecule has 0 aliphatic rings. The number of nitriles is 1. The summed E-state index contributed by atoms with van der Waals surface area (Å²) in [6.45, 7) is 0.907. The van der Waals surface area contributed by atoms with Crippen molar-refractivity contribution in [1.29, 1.82) is 5.26 Å². The number of aromatic nitrogens is 2. The zero-order chi connectivity index (χ0) is 26.9. The number of hydrogen-bond donors (Lipinski definition) is 3. The quantitative estimate of drug-likeness (QED) is 0.322. The molecule has 2 aromatic carbocycles. The topological polar surface area (TPSA) is 144 Å². The van der Waals surface area contributed by atoms with Crippen molar-refractivity contribution in [1.82, 2.24) is 14.9 Å². The predicted molar refractivity (Wildman–Crippen MR) is 131 cm³/mol. The number of nitrogens with two attached hydrogens (primary N) is 1. The Morgan fingerprint density at radius 2 is 1.97 bits per heavy atom. The van der Waals surface area contributed by atoms with E-state index >= 15 is 0 Å². The maximum Gasteiger partial charge on any atom is 0.291 e. The molecule has 194 valence electrons. The van der Waals surface area contributed by atoms with Crippen LogP contribution in [-0.2, 0) is 11.8 Å². The lowest BCUT2D eigenvalue weighted by Gasteiger charge is -2.11. The van der Waals surface area contributed by atoms with Gasteiger partial charge in [0.1, 0.15) is 6.07 Å². The number of amides is 2. The molecule has 0 bridgehead atoms. The van der Waals surface area contributed by atoms with Gasteiger partial charge < -0.3 is 30.4 Å². The average molecular weight is 533 g/mol. The molecule has 10 nitrogen and oxygen atoms in total. The third-order valence-electron chi connectivity index (χ3n) is 5.07. The van der Waals surface area contributed by atoms with E-state index < -0.39 is 35.8 Å². The van der Waals surface area contributed by atoms with Gasteiger partial charge in [-0.2, -0.15) is 9.65 Å². The summed E-state index contributed by atoms with van der Waals surface area (Å²) in [7, 11) is 1.46. The monoisotopic (exact) mass is 532 g/mol. The van der Waals surface area contributed by atoms with Crippen molar-refractivity contribution in [2.75, 3.05) is 38.2 Å². The lowest BCUT2D eigenvalue weighted by molar-refractivity contribution is 0.0919. The minimum absolute atomic E-state index is 0.0879. The summed E-state index contributed by atoms with van der Waals surface area (Å²) in [6.07, 6.45) is 1.22. The first-order chi connectivity index (χ1) is 17.8. The molecular formula is C24H23ClF2N6O4. The van der Waals surface area contributed by atoms with E-state index in [0.29, 0.717) is 25.4 Å². The van der Waals surface area contributed by atoms with Gasteiger partial charge >= 0.3 is 0 Å². The Hall–Kier alpha value is -4.05. The molecule has 0 fully saturated rings. The average Bonchev–Trinajstić information content (AvgIpc) is 3.25. The highest BCUT2D eigenvalue weighted by Crippen LogP contribution is 2.30. The van der Waals surface area contributed by atoms with Gasteiger partial charge in [-0.05, 0) is 30.3 Å². The number of anilines is 1.